The van der Waals surface area contributed by atoms with Crippen LogP contribution >= 0.6 is 0 Å². The Hall–Kier alpha value is -1.68. The van der Waals surface area contributed by atoms with Gasteiger partial charge in [0.25, 0.3) is 0 Å². The van der Waals surface area contributed by atoms with Crippen LogP contribution in [0.4, 0.5) is 0 Å². The van der Waals surface area contributed by atoms with Gasteiger partial charge in [-0.1, -0.05) is 0 Å². The van der Waals surface area contributed by atoms with Gasteiger partial charge in [-0.25, -0.2) is 0 Å². The van der Waals surface area contributed by atoms with Crippen molar-refractivity contribution in [3.05, 3.63) is 23.4 Å². The minimum atomic E-state index is 0.343. The number of aromatic amines is 1. The van der Waals surface area contributed by atoms with Crippen LogP contribution in [0.1, 0.15) is 24.2 Å². The summed E-state index contributed by atoms with van der Waals surface area (Å²) >= 11 is 0. The highest BCUT2D eigenvalue weighted by Crippen LogP contribution is 2.39. The molecule has 18 heavy (non-hydrogen) atoms. The van der Waals surface area contributed by atoms with Crippen LogP contribution in [-0.4, -0.2) is 25.7 Å². The topological polar surface area (TPSA) is 46.3 Å². The molecular weight excluding hydrogens is 228 g/mol. The second kappa shape index (κ2) is 4.21. The zero-order chi connectivity index (χ0) is 12.7. The minimum Gasteiger partial charge on any atom is -0.496 e. The third kappa shape index (κ3) is 1.49. The third-order valence-electron chi connectivity index (χ3n) is 3.71. The number of aromatic nitrogens is 1. The molecule has 0 saturated heterocycles. The van der Waals surface area contributed by atoms with E-state index in [1.165, 1.54) is 16.6 Å². The first-order valence-electron chi connectivity index (χ1n) is 6.25. The van der Waals surface area contributed by atoms with Gasteiger partial charge in [-0.05, 0) is 37.6 Å². The predicted octanol–water partition coefficient (Wildman–Crippen LogP) is 2.39. The first kappa shape index (κ1) is 11.4. The van der Waals surface area contributed by atoms with Crippen molar-refractivity contribution in [1.29, 1.82) is 0 Å². The summed E-state index contributed by atoms with van der Waals surface area (Å²) in [5.74, 6) is 1.78. The second-order valence-corrected chi connectivity index (χ2v) is 4.66. The molecule has 0 amide bonds. The first-order chi connectivity index (χ1) is 8.76. The van der Waals surface area contributed by atoms with Gasteiger partial charge in [-0.15, -0.1) is 0 Å². The minimum absolute atomic E-state index is 0.343. The predicted molar refractivity (Wildman–Crippen MR) is 71.5 cm³/mol. The monoisotopic (exact) mass is 246 g/mol. The van der Waals surface area contributed by atoms with E-state index in [4.69, 9.17) is 9.47 Å². The van der Waals surface area contributed by atoms with Crippen molar-refractivity contribution in [2.45, 2.75) is 19.4 Å². The van der Waals surface area contributed by atoms with E-state index < -0.39 is 0 Å². The van der Waals surface area contributed by atoms with Crippen molar-refractivity contribution in [2.24, 2.45) is 0 Å². The maximum Gasteiger partial charge on any atom is 0.143 e. The SMILES string of the molecule is COc1ccc(OC)c2c3c([nH]c12)C(C)NCC3. The molecule has 4 heteroatoms. The van der Waals surface area contributed by atoms with Gasteiger partial charge in [0.05, 0.1) is 19.7 Å². The molecule has 0 spiro atoms. The van der Waals surface area contributed by atoms with E-state index in [-0.39, 0.29) is 0 Å². The Morgan fingerprint density at radius 2 is 1.89 bits per heavy atom. The molecule has 0 radical (unpaired) electrons. The largest absolute Gasteiger partial charge is 0.496 e. The van der Waals surface area contributed by atoms with Crippen molar-refractivity contribution < 1.29 is 9.47 Å². The average Bonchev–Trinajstić information content (AvgIpc) is 2.79. The summed E-state index contributed by atoms with van der Waals surface area (Å²) < 4.78 is 10.9. The van der Waals surface area contributed by atoms with Crippen molar-refractivity contribution in [1.82, 2.24) is 10.3 Å². The molecule has 0 bridgehead atoms. The number of H-pyrrole nitrogens is 1. The molecule has 4 nitrogen and oxygen atoms in total. The summed E-state index contributed by atoms with van der Waals surface area (Å²) in [6.07, 6.45) is 1.02. The third-order valence-corrected chi connectivity index (χ3v) is 3.71. The van der Waals surface area contributed by atoms with Gasteiger partial charge in [-0.2, -0.15) is 0 Å². The van der Waals surface area contributed by atoms with Crippen LogP contribution in [0.15, 0.2) is 12.1 Å². The molecule has 1 aromatic carbocycles. The molecule has 1 aromatic heterocycles. The van der Waals surface area contributed by atoms with E-state index >= 15 is 0 Å². The van der Waals surface area contributed by atoms with Crippen LogP contribution in [0.25, 0.3) is 10.9 Å². The molecule has 0 saturated carbocycles. The van der Waals surface area contributed by atoms with Crippen LogP contribution in [0, 0.1) is 0 Å². The summed E-state index contributed by atoms with van der Waals surface area (Å²) in [6, 6.07) is 4.26. The zero-order valence-electron chi connectivity index (χ0n) is 11.0. The van der Waals surface area contributed by atoms with Gasteiger partial charge in [0, 0.05) is 17.1 Å². The standard InChI is InChI=1S/C14H18N2O2/c1-8-13-9(6-7-15-8)12-10(17-2)4-5-11(18-3)14(12)16-13/h4-5,8,15-16H,6-7H2,1-3H3. The summed E-state index contributed by atoms with van der Waals surface area (Å²) in [4.78, 5) is 3.49. The van der Waals surface area contributed by atoms with E-state index in [0.29, 0.717) is 6.04 Å². The highest BCUT2D eigenvalue weighted by Gasteiger charge is 2.24. The number of methoxy groups -OCH3 is 2. The number of benzene rings is 1. The van der Waals surface area contributed by atoms with Crippen molar-refractivity contribution >= 4 is 10.9 Å². The smallest absolute Gasteiger partial charge is 0.143 e. The fourth-order valence-electron chi connectivity index (χ4n) is 2.82. The van der Waals surface area contributed by atoms with Crippen LogP contribution in [0.2, 0.25) is 0 Å². The molecule has 2 aromatic rings. The fourth-order valence-corrected chi connectivity index (χ4v) is 2.82. The lowest BCUT2D eigenvalue weighted by atomic mass is 10.00. The lowest BCUT2D eigenvalue weighted by Crippen LogP contribution is -2.27. The van der Waals surface area contributed by atoms with Crippen LogP contribution in [0.3, 0.4) is 0 Å². The van der Waals surface area contributed by atoms with E-state index in [1.807, 2.05) is 12.1 Å². The van der Waals surface area contributed by atoms with E-state index in [9.17, 15) is 0 Å². The lowest BCUT2D eigenvalue weighted by molar-refractivity contribution is 0.410. The molecule has 1 aliphatic heterocycles. The Balaban J connectivity index is 2.35. The molecule has 3 rings (SSSR count). The van der Waals surface area contributed by atoms with Gasteiger partial charge >= 0.3 is 0 Å². The van der Waals surface area contributed by atoms with E-state index in [1.54, 1.807) is 14.2 Å². The van der Waals surface area contributed by atoms with E-state index in [2.05, 4.69) is 17.2 Å². The summed E-state index contributed by atoms with van der Waals surface area (Å²) in [7, 11) is 3.41. The van der Waals surface area contributed by atoms with Crippen molar-refractivity contribution in [2.75, 3.05) is 20.8 Å². The molecule has 0 fully saturated rings. The molecule has 96 valence electrons. The number of hydrogen-bond acceptors (Lipinski definition) is 3. The normalized spacial score (nSPS) is 18.7. The van der Waals surface area contributed by atoms with Gasteiger partial charge in [0.1, 0.15) is 11.5 Å². The van der Waals surface area contributed by atoms with E-state index in [0.717, 1.165) is 30.0 Å². The number of rotatable bonds is 2. The van der Waals surface area contributed by atoms with Crippen LogP contribution < -0.4 is 14.8 Å². The molecule has 1 unspecified atom stereocenters. The molecule has 2 heterocycles. The Morgan fingerprint density at radius 3 is 2.61 bits per heavy atom. The van der Waals surface area contributed by atoms with Crippen molar-refractivity contribution in [3.63, 3.8) is 0 Å². The quantitative estimate of drug-likeness (QED) is 0.855. The highest BCUT2D eigenvalue weighted by molar-refractivity contribution is 5.95. The summed E-state index contributed by atoms with van der Waals surface area (Å²) in [5.41, 5.74) is 3.64. The van der Waals surface area contributed by atoms with Gasteiger partial charge in [0.15, 0.2) is 0 Å². The average molecular weight is 246 g/mol. The van der Waals surface area contributed by atoms with Crippen LogP contribution in [0.5, 0.6) is 11.5 Å². The highest BCUT2D eigenvalue weighted by atomic mass is 16.5. The molecule has 1 atom stereocenters. The van der Waals surface area contributed by atoms with Gasteiger partial charge < -0.3 is 19.8 Å². The molecule has 0 aliphatic carbocycles. The molecule has 1 aliphatic rings. The Kier molecular flexibility index (Phi) is 2.67. The summed E-state index contributed by atoms with van der Waals surface area (Å²) in [5, 5.41) is 4.63. The van der Waals surface area contributed by atoms with Crippen molar-refractivity contribution in [3.8, 4) is 11.5 Å². The maximum absolute atomic E-state index is 5.49. The fraction of sp³-hybridized carbons (Fsp3) is 0.429. The Labute approximate surface area is 106 Å². The zero-order valence-corrected chi connectivity index (χ0v) is 11.0. The van der Waals surface area contributed by atoms with Crippen LogP contribution in [-0.2, 0) is 6.42 Å². The number of fused-ring (bicyclic) bond motifs is 3. The molecular formula is C14H18N2O2. The number of hydrogen-bond donors (Lipinski definition) is 2. The Morgan fingerprint density at radius 1 is 1.17 bits per heavy atom. The Bertz CT molecular complexity index is 589. The maximum atomic E-state index is 5.49. The van der Waals surface area contributed by atoms with Gasteiger partial charge in [-0.3, -0.25) is 0 Å². The molecule has 2 N–H and O–H groups in total. The first-order valence-corrected chi connectivity index (χ1v) is 6.25. The summed E-state index contributed by atoms with van der Waals surface area (Å²) in [6.45, 7) is 3.17. The number of nitrogens with one attached hydrogen (secondary N) is 2. The second-order valence-electron chi connectivity index (χ2n) is 4.66. The number of ether oxygens (including phenoxy) is 2. The lowest BCUT2D eigenvalue weighted by Gasteiger charge is -2.20. The van der Waals surface area contributed by atoms with Gasteiger partial charge in [0.2, 0.25) is 0 Å².